The highest BCUT2D eigenvalue weighted by atomic mass is 15.2. The molecule has 0 aromatic heterocycles. The van der Waals surface area contributed by atoms with E-state index < -0.39 is 0 Å². The Kier molecular flexibility index (Phi) is 7.01. The number of nitrogens with two attached hydrogens (primary N) is 1. The number of likely N-dealkylation sites (tertiary alicyclic amines) is 1. The van der Waals surface area contributed by atoms with Gasteiger partial charge in [0.05, 0.1) is 0 Å². The van der Waals surface area contributed by atoms with Crippen LogP contribution in [0.5, 0.6) is 0 Å². The molecule has 0 radical (unpaired) electrons. The van der Waals surface area contributed by atoms with Crippen LogP contribution in [0.2, 0.25) is 0 Å². The van der Waals surface area contributed by atoms with E-state index in [9.17, 15) is 0 Å². The molecule has 3 heteroatoms. The summed E-state index contributed by atoms with van der Waals surface area (Å²) in [4.78, 5) is 5.14. The van der Waals surface area contributed by atoms with Crippen LogP contribution >= 0.6 is 0 Å². The van der Waals surface area contributed by atoms with Gasteiger partial charge < -0.3 is 15.5 Å². The molecule has 0 aromatic carbocycles. The average molecular weight is 227 g/mol. The Hall–Kier alpha value is -0.120. The molecule has 0 aliphatic carbocycles. The van der Waals surface area contributed by atoms with Crippen LogP contribution in [-0.4, -0.2) is 55.6 Å². The zero-order chi connectivity index (χ0) is 11.8. The first kappa shape index (κ1) is 13.9. The molecule has 0 amide bonds. The summed E-state index contributed by atoms with van der Waals surface area (Å²) < 4.78 is 0. The third-order valence-electron chi connectivity index (χ3n) is 3.67. The molecule has 1 atom stereocenters. The number of rotatable bonds is 6. The van der Waals surface area contributed by atoms with Gasteiger partial charge >= 0.3 is 0 Å². The maximum Gasteiger partial charge on any atom is 0.0105 e. The molecule has 3 nitrogen and oxygen atoms in total. The summed E-state index contributed by atoms with van der Waals surface area (Å²) in [5.41, 5.74) is 5.56. The van der Waals surface area contributed by atoms with E-state index in [4.69, 9.17) is 5.73 Å². The second kappa shape index (κ2) is 8.04. The molecule has 0 bridgehead atoms. The van der Waals surface area contributed by atoms with E-state index in [1.54, 1.807) is 0 Å². The van der Waals surface area contributed by atoms with Crippen molar-refractivity contribution in [2.75, 3.05) is 39.8 Å². The number of hydrogen-bond donors (Lipinski definition) is 1. The Morgan fingerprint density at radius 2 is 2.12 bits per heavy atom. The van der Waals surface area contributed by atoms with Crippen molar-refractivity contribution in [2.24, 2.45) is 5.73 Å². The van der Waals surface area contributed by atoms with Crippen LogP contribution in [0.1, 0.15) is 39.0 Å². The van der Waals surface area contributed by atoms with E-state index in [1.807, 2.05) is 0 Å². The zero-order valence-corrected chi connectivity index (χ0v) is 11.1. The molecule has 0 aromatic rings. The van der Waals surface area contributed by atoms with Crippen LogP contribution in [0.3, 0.4) is 0 Å². The molecule has 16 heavy (non-hydrogen) atoms. The molecule has 1 unspecified atom stereocenters. The molecule has 0 spiro atoms. The van der Waals surface area contributed by atoms with Crippen molar-refractivity contribution < 1.29 is 0 Å². The number of nitrogens with zero attached hydrogens (tertiary/aromatic N) is 2. The fourth-order valence-corrected chi connectivity index (χ4v) is 2.64. The van der Waals surface area contributed by atoms with Gasteiger partial charge in [-0.2, -0.15) is 0 Å². The molecular formula is C13H29N3. The smallest absolute Gasteiger partial charge is 0.0105 e. The Bertz CT molecular complexity index is 173. The van der Waals surface area contributed by atoms with E-state index >= 15 is 0 Å². The Morgan fingerprint density at radius 3 is 2.81 bits per heavy atom. The normalized spacial score (nSPS) is 23.6. The van der Waals surface area contributed by atoms with Crippen molar-refractivity contribution in [1.29, 1.82) is 0 Å². The van der Waals surface area contributed by atoms with E-state index in [0.29, 0.717) is 0 Å². The zero-order valence-electron chi connectivity index (χ0n) is 11.1. The van der Waals surface area contributed by atoms with Crippen molar-refractivity contribution in [3.8, 4) is 0 Å². The summed E-state index contributed by atoms with van der Waals surface area (Å²) in [5, 5.41) is 0. The molecule has 0 saturated carbocycles. The molecule has 96 valence electrons. The van der Waals surface area contributed by atoms with Gasteiger partial charge in [0.15, 0.2) is 0 Å². The quantitative estimate of drug-likeness (QED) is 0.747. The van der Waals surface area contributed by atoms with Crippen molar-refractivity contribution in [2.45, 2.75) is 45.1 Å². The maximum absolute atomic E-state index is 5.56. The fourth-order valence-electron chi connectivity index (χ4n) is 2.64. The molecular weight excluding hydrogens is 198 g/mol. The minimum absolute atomic E-state index is 0.786. The van der Waals surface area contributed by atoms with Crippen molar-refractivity contribution in [1.82, 2.24) is 9.80 Å². The molecule has 1 aliphatic heterocycles. The first-order chi connectivity index (χ1) is 7.77. The van der Waals surface area contributed by atoms with E-state index in [1.165, 1.54) is 45.3 Å². The van der Waals surface area contributed by atoms with Gasteiger partial charge in [-0.05, 0) is 71.9 Å². The van der Waals surface area contributed by atoms with E-state index in [2.05, 4.69) is 23.8 Å². The van der Waals surface area contributed by atoms with Crippen LogP contribution in [0.4, 0.5) is 0 Å². The van der Waals surface area contributed by atoms with Crippen LogP contribution in [0.25, 0.3) is 0 Å². The summed E-state index contributed by atoms with van der Waals surface area (Å²) in [6.45, 7) is 8.11. The number of hydrogen-bond acceptors (Lipinski definition) is 3. The minimum Gasteiger partial charge on any atom is -0.330 e. The standard InChI is InChI=1S/C13H29N3/c1-3-9-16-11-4-6-13(7-12-16)15(2)10-5-8-14/h13H,3-12,14H2,1-2H3. The average Bonchev–Trinajstić information content (AvgIpc) is 2.52. The Balaban J connectivity index is 2.28. The van der Waals surface area contributed by atoms with Gasteiger partial charge in [-0.25, -0.2) is 0 Å². The summed E-state index contributed by atoms with van der Waals surface area (Å²) in [7, 11) is 2.26. The van der Waals surface area contributed by atoms with Gasteiger partial charge in [0, 0.05) is 6.04 Å². The first-order valence-electron chi connectivity index (χ1n) is 6.90. The highest BCUT2D eigenvalue weighted by Crippen LogP contribution is 2.16. The fraction of sp³-hybridized carbons (Fsp3) is 1.00. The van der Waals surface area contributed by atoms with Gasteiger partial charge in [-0.15, -0.1) is 0 Å². The predicted molar refractivity (Wildman–Crippen MR) is 70.7 cm³/mol. The first-order valence-corrected chi connectivity index (χ1v) is 6.90. The SMILES string of the molecule is CCCN1CCCC(N(C)CCCN)CC1. The van der Waals surface area contributed by atoms with Crippen molar-refractivity contribution in [3.63, 3.8) is 0 Å². The molecule has 1 aliphatic rings. The Morgan fingerprint density at radius 1 is 1.31 bits per heavy atom. The summed E-state index contributed by atoms with van der Waals surface area (Å²) in [6.07, 6.45) is 6.47. The summed E-state index contributed by atoms with van der Waals surface area (Å²) in [5.74, 6) is 0. The third-order valence-corrected chi connectivity index (χ3v) is 3.67. The van der Waals surface area contributed by atoms with E-state index in [0.717, 1.165) is 25.6 Å². The third kappa shape index (κ3) is 4.81. The second-order valence-electron chi connectivity index (χ2n) is 5.05. The van der Waals surface area contributed by atoms with Crippen LogP contribution in [0.15, 0.2) is 0 Å². The molecule has 2 N–H and O–H groups in total. The van der Waals surface area contributed by atoms with Crippen LogP contribution < -0.4 is 5.73 Å². The van der Waals surface area contributed by atoms with Crippen molar-refractivity contribution >= 4 is 0 Å². The lowest BCUT2D eigenvalue weighted by molar-refractivity contribution is 0.214. The minimum atomic E-state index is 0.786. The largest absolute Gasteiger partial charge is 0.330 e. The van der Waals surface area contributed by atoms with Gasteiger partial charge in [0.1, 0.15) is 0 Å². The van der Waals surface area contributed by atoms with E-state index in [-0.39, 0.29) is 0 Å². The molecule has 1 rings (SSSR count). The lowest BCUT2D eigenvalue weighted by atomic mass is 10.1. The highest BCUT2D eigenvalue weighted by molar-refractivity contribution is 4.75. The second-order valence-corrected chi connectivity index (χ2v) is 5.05. The van der Waals surface area contributed by atoms with Gasteiger partial charge in [-0.3, -0.25) is 0 Å². The Labute approximate surface area is 101 Å². The lowest BCUT2D eigenvalue weighted by Crippen LogP contribution is -2.34. The monoisotopic (exact) mass is 227 g/mol. The molecule has 1 fully saturated rings. The lowest BCUT2D eigenvalue weighted by Gasteiger charge is -2.27. The molecule has 1 heterocycles. The van der Waals surface area contributed by atoms with Crippen LogP contribution in [-0.2, 0) is 0 Å². The topological polar surface area (TPSA) is 32.5 Å². The van der Waals surface area contributed by atoms with Crippen molar-refractivity contribution in [3.05, 3.63) is 0 Å². The maximum atomic E-state index is 5.56. The highest BCUT2D eigenvalue weighted by Gasteiger charge is 2.19. The predicted octanol–water partition coefficient (Wildman–Crippen LogP) is 1.53. The van der Waals surface area contributed by atoms with Gasteiger partial charge in [0.2, 0.25) is 0 Å². The summed E-state index contributed by atoms with van der Waals surface area (Å²) >= 11 is 0. The van der Waals surface area contributed by atoms with Crippen LogP contribution in [0, 0.1) is 0 Å². The molecule has 1 saturated heterocycles. The summed E-state index contributed by atoms with van der Waals surface area (Å²) in [6, 6.07) is 0.786. The van der Waals surface area contributed by atoms with Gasteiger partial charge in [-0.1, -0.05) is 6.92 Å². The van der Waals surface area contributed by atoms with Gasteiger partial charge in [0.25, 0.3) is 0 Å².